The Morgan fingerprint density at radius 2 is 1.77 bits per heavy atom. The minimum Gasteiger partial charge on any atom is -0.494 e. The third-order valence-corrected chi connectivity index (χ3v) is 3.45. The lowest BCUT2D eigenvalue weighted by Crippen LogP contribution is -2.20. The molecule has 26 heavy (non-hydrogen) atoms. The topological polar surface area (TPSA) is 85.7 Å². The highest BCUT2D eigenvalue weighted by Crippen LogP contribution is 2.30. The van der Waals surface area contributed by atoms with Gasteiger partial charge in [-0.15, -0.1) is 0 Å². The van der Waals surface area contributed by atoms with Crippen LogP contribution in [0.5, 0.6) is 11.5 Å². The van der Waals surface area contributed by atoms with E-state index < -0.39 is 11.5 Å². The Bertz CT molecular complexity index is 833. The number of anilines is 2. The molecule has 0 saturated carbocycles. The molecule has 0 aliphatic rings. The fourth-order valence-electron chi connectivity index (χ4n) is 2.10. The zero-order valence-corrected chi connectivity index (χ0v) is 14.6. The van der Waals surface area contributed by atoms with E-state index in [1.165, 1.54) is 31.4 Å². The summed E-state index contributed by atoms with van der Waals surface area (Å²) < 4.78 is 34.7. The van der Waals surface area contributed by atoms with Gasteiger partial charge in [-0.1, -0.05) is 6.07 Å². The fourth-order valence-corrected chi connectivity index (χ4v) is 2.32. The average molecular weight is 383 g/mol. The molecule has 2 rings (SSSR count). The molecular weight excluding hydrogens is 368 g/mol. The number of nitrogens with zero attached hydrogens (tertiary/aromatic N) is 1. The molecule has 0 saturated heterocycles. The molecule has 0 heterocycles. The van der Waals surface area contributed by atoms with Gasteiger partial charge in [0.1, 0.15) is 11.5 Å². The van der Waals surface area contributed by atoms with Crippen LogP contribution >= 0.6 is 12.2 Å². The van der Waals surface area contributed by atoms with E-state index >= 15 is 0 Å². The van der Waals surface area contributed by atoms with Crippen LogP contribution in [0.1, 0.15) is 5.56 Å². The number of nitro benzene ring substituents is 1. The third-order valence-electron chi connectivity index (χ3n) is 3.25. The molecule has 0 aliphatic carbocycles. The maximum atomic E-state index is 12.5. The Hall–Kier alpha value is -3.01. The number of hydrogen-bond donors (Lipinski definition) is 2. The lowest BCUT2D eigenvalue weighted by atomic mass is 10.2. The van der Waals surface area contributed by atoms with Gasteiger partial charge in [-0.3, -0.25) is 10.1 Å². The molecule has 2 N–H and O–H groups in total. The largest absolute Gasteiger partial charge is 0.494 e. The van der Waals surface area contributed by atoms with Crippen molar-refractivity contribution >= 4 is 34.4 Å². The fraction of sp³-hybridized carbons (Fsp3) is 0.188. The van der Waals surface area contributed by atoms with Gasteiger partial charge in [0, 0.05) is 6.07 Å². The van der Waals surface area contributed by atoms with Gasteiger partial charge in [-0.25, -0.2) is 0 Å². The molecule has 10 heteroatoms. The van der Waals surface area contributed by atoms with E-state index in [1.54, 1.807) is 19.1 Å². The zero-order valence-electron chi connectivity index (χ0n) is 13.8. The smallest absolute Gasteiger partial charge is 0.387 e. The summed E-state index contributed by atoms with van der Waals surface area (Å²) >= 11 is 5.16. The van der Waals surface area contributed by atoms with Crippen LogP contribution in [0.15, 0.2) is 36.4 Å². The van der Waals surface area contributed by atoms with Crippen LogP contribution in [0.25, 0.3) is 0 Å². The number of non-ortho nitro benzene ring substituents is 1. The van der Waals surface area contributed by atoms with E-state index in [1.807, 2.05) is 0 Å². The van der Waals surface area contributed by atoms with Gasteiger partial charge in [-0.05, 0) is 42.9 Å². The molecule has 2 aromatic carbocycles. The number of rotatable bonds is 6. The first-order valence-electron chi connectivity index (χ1n) is 7.26. The lowest BCUT2D eigenvalue weighted by molar-refractivity contribution is -0.384. The predicted octanol–water partition coefficient (Wildman–Crippen LogP) is 4.32. The van der Waals surface area contributed by atoms with Crippen molar-refractivity contribution in [2.45, 2.75) is 13.5 Å². The molecule has 0 radical (unpaired) electrons. The molecule has 0 spiro atoms. The van der Waals surface area contributed by atoms with Crippen molar-refractivity contribution in [2.75, 3.05) is 17.7 Å². The van der Waals surface area contributed by atoms with E-state index in [-0.39, 0.29) is 28.0 Å². The quantitative estimate of drug-likeness (QED) is 0.436. The van der Waals surface area contributed by atoms with Crippen molar-refractivity contribution in [2.24, 2.45) is 0 Å². The van der Waals surface area contributed by atoms with Crippen molar-refractivity contribution < 1.29 is 23.2 Å². The molecule has 0 atom stereocenters. The normalized spacial score (nSPS) is 10.3. The molecule has 0 fully saturated rings. The number of methoxy groups -OCH3 is 1. The number of nitrogens with one attached hydrogen (secondary N) is 2. The summed E-state index contributed by atoms with van der Waals surface area (Å²) in [5.74, 6) is 0.149. The number of aryl methyl sites for hydroxylation is 1. The molecule has 0 unspecified atom stereocenters. The summed E-state index contributed by atoms with van der Waals surface area (Å²) in [6.07, 6.45) is 0. The maximum Gasteiger partial charge on any atom is 0.387 e. The van der Waals surface area contributed by atoms with Crippen molar-refractivity contribution in [1.82, 2.24) is 0 Å². The number of benzene rings is 2. The van der Waals surface area contributed by atoms with Crippen LogP contribution in [-0.2, 0) is 0 Å². The maximum absolute atomic E-state index is 12.5. The Balaban J connectivity index is 2.18. The highest BCUT2D eigenvalue weighted by Gasteiger charge is 2.14. The molecule has 0 amide bonds. The third kappa shape index (κ3) is 4.99. The number of thiocarbonyl (C=S) groups is 1. The SMILES string of the molecule is COc1cc([N+](=O)[O-])ccc1NC(=S)Nc1ccc(C)cc1OC(F)F. The van der Waals surface area contributed by atoms with Crippen molar-refractivity contribution in [3.8, 4) is 11.5 Å². The van der Waals surface area contributed by atoms with Crippen molar-refractivity contribution in [3.05, 3.63) is 52.1 Å². The Morgan fingerprint density at radius 1 is 1.15 bits per heavy atom. The van der Waals surface area contributed by atoms with Crippen LogP contribution in [0.3, 0.4) is 0 Å². The molecule has 2 aromatic rings. The predicted molar refractivity (Wildman–Crippen MR) is 97.3 cm³/mol. The molecule has 0 aliphatic heterocycles. The van der Waals surface area contributed by atoms with Gasteiger partial charge in [0.15, 0.2) is 5.11 Å². The highest BCUT2D eigenvalue weighted by atomic mass is 32.1. The van der Waals surface area contributed by atoms with E-state index in [4.69, 9.17) is 17.0 Å². The molecule has 138 valence electrons. The summed E-state index contributed by atoms with van der Waals surface area (Å²) in [6, 6.07) is 8.65. The van der Waals surface area contributed by atoms with E-state index in [2.05, 4.69) is 15.4 Å². The van der Waals surface area contributed by atoms with Gasteiger partial charge >= 0.3 is 6.61 Å². The second-order valence-corrected chi connectivity index (χ2v) is 5.51. The monoisotopic (exact) mass is 383 g/mol. The molecule has 0 bridgehead atoms. The lowest BCUT2D eigenvalue weighted by Gasteiger charge is -2.16. The summed E-state index contributed by atoms with van der Waals surface area (Å²) in [6.45, 7) is -1.24. The highest BCUT2D eigenvalue weighted by molar-refractivity contribution is 7.80. The first kappa shape index (κ1) is 19.3. The Morgan fingerprint density at radius 3 is 2.35 bits per heavy atom. The number of hydrogen-bond acceptors (Lipinski definition) is 5. The van der Waals surface area contributed by atoms with Crippen LogP contribution < -0.4 is 20.1 Å². The second-order valence-electron chi connectivity index (χ2n) is 5.10. The van der Waals surface area contributed by atoms with Gasteiger partial charge < -0.3 is 20.1 Å². The summed E-state index contributed by atoms with van der Waals surface area (Å²) in [5, 5.41) is 16.4. The minimum atomic E-state index is -2.98. The van der Waals surface area contributed by atoms with Gasteiger partial charge in [0.2, 0.25) is 0 Å². The van der Waals surface area contributed by atoms with Crippen molar-refractivity contribution in [1.29, 1.82) is 0 Å². The number of ether oxygens (including phenoxy) is 2. The first-order chi connectivity index (χ1) is 12.3. The zero-order chi connectivity index (χ0) is 19.3. The summed E-state index contributed by atoms with van der Waals surface area (Å²) in [4.78, 5) is 10.3. The van der Waals surface area contributed by atoms with Gasteiger partial charge in [0.05, 0.1) is 29.5 Å². The summed E-state index contributed by atoms with van der Waals surface area (Å²) in [7, 11) is 1.36. The van der Waals surface area contributed by atoms with Crippen LogP contribution in [0, 0.1) is 17.0 Å². The van der Waals surface area contributed by atoms with Crippen molar-refractivity contribution in [3.63, 3.8) is 0 Å². The van der Waals surface area contributed by atoms with E-state index in [9.17, 15) is 18.9 Å². The molecule has 7 nitrogen and oxygen atoms in total. The standard InChI is InChI=1S/C16H15F2N3O4S/c1-9-3-5-12(14(7-9)25-15(17)18)20-16(26)19-11-6-4-10(21(22)23)8-13(11)24-2/h3-8,15H,1-2H3,(H2,19,20,26). The molecule has 0 aromatic heterocycles. The van der Waals surface area contributed by atoms with Gasteiger partial charge in [0.25, 0.3) is 5.69 Å². The average Bonchev–Trinajstić information content (AvgIpc) is 2.57. The Labute approximate surface area is 153 Å². The Kier molecular flexibility index (Phi) is 6.23. The number of alkyl halides is 2. The van der Waals surface area contributed by atoms with E-state index in [0.717, 1.165) is 5.56 Å². The van der Waals surface area contributed by atoms with Crippen LogP contribution in [0.4, 0.5) is 25.8 Å². The first-order valence-corrected chi connectivity index (χ1v) is 7.67. The summed E-state index contributed by atoms with van der Waals surface area (Å²) in [5.41, 5.74) is 1.22. The van der Waals surface area contributed by atoms with Crippen LogP contribution in [0.2, 0.25) is 0 Å². The second kappa shape index (κ2) is 8.39. The van der Waals surface area contributed by atoms with Gasteiger partial charge in [-0.2, -0.15) is 8.78 Å². The van der Waals surface area contributed by atoms with E-state index in [0.29, 0.717) is 5.69 Å². The number of nitro groups is 1. The minimum absolute atomic E-state index is 0.0557. The molecular formula is C16H15F2N3O4S. The van der Waals surface area contributed by atoms with Crippen LogP contribution in [-0.4, -0.2) is 23.8 Å². The number of halogens is 2.